The molecule has 5 nitrogen and oxygen atoms in total. The molecule has 2 heterocycles. The van der Waals surface area contributed by atoms with Gasteiger partial charge in [-0.25, -0.2) is 4.98 Å². The van der Waals surface area contributed by atoms with E-state index < -0.39 is 5.41 Å². The summed E-state index contributed by atoms with van der Waals surface area (Å²) in [5, 5.41) is 2.93. The number of carbonyl (C=O) groups is 1. The highest BCUT2D eigenvalue weighted by Gasteiger charge is 2.51. The second-order valence-electron chi connectivity index (χ2n) is 5.82. The van der Waals surface area contributed by atoms with E-state index in [1.54, 1.807) is 6.20 Å². The minimum atomic E-state index is -0.466. The van der Waals surface area contributed by atoms with Gasteiger partial charge in [0, 0.05) is 6.20 Å². The Kier molecular flexibility index (Phi) is 2.82. The summed E-state index contributed by atoms with van der Waals surface area (Å²) in [7, 11) is 0. The molecule has 22 heavy (non-hydrogen) atoms. The molecule has 0 unspecified atom stereocenters. The van der Waals surface area contributed by atoms with Gasteiger partial charge in [-0.1, -0.05) is 6.07 Å². The third kappa shape index (κ3) is 2.09. The minimum Gasteiger partial charge on any atom is -0.454 e. The molecule has 0 radical (unpaired) electrons. The molecule has 4 rings (SSSR count). The third-order valence-electron chi connectivity index (χ3n) is 4.27. The minimum absolute atomic E-state index is 0.00975. The number of ether oxygens (including phenoxy) is 2. The summed E-state index contributed by atoms with van der Waals surface area (Å²) in [6.45, 7) is 2.22. The molecule has 1 saturated carbocycles. The number of hydrogen-bond acceptors (Lipinski definition) is 4. The molecular formula is C17H16N2O3. The van der Waals surface area contributed by atoms with Crippen LogP contribution in [0.4, 0.5) is 5.82 Å². The summed E-state index contributed by atoms with van der Waals surface area (Å²) in [6.07, 6.45) is 3.37. The number of aromatic nitrogens is 1. The van der Waals surface area contributed by atoms with Crippen molar-refractivity contribution in [3.8, 4) is 11.5 Å². The standard InChI is InChI=1S/C17H16N2O3/c1-11-4-7-18-15(8-11)19-16(20)17(5-6-17)12-2-3-13-14(9-12)22-10-21-13/h2-4,7-9H,5-6,10H2,1H3,(H,18,19,20). The maximum absolute atomic E-state index is 12.7. The summed E-state index contributed by atoms with van der Waals surface area (Å²) >= 11 is 0. The molecule has 1 fully saturated rings. The Labute approximate surface area is 128 Å². The Bertz CT molecular complexity index is 753. The average Bonchev–Trinajstić information content (AvgIpc) is 3.19. The molecule has 1 amide bonds. The van der Waals surface area contributed by atoms with Crippen molar-refractivity contribution in [2.24, 2.45) is 0 Å². The number of benzene rings is 1. The molecule has 0 atom stereocenters. The quantitative estimate of drug-likeness (QED) is 0.946. The fourth-order valence-electron chi connectivity index (χ4n) is 2.81. The normalized spacial score (nSPS) is 17.1. The Balaban J connectivity index is 1.60. The first kappa shape index (κ1) is 13.1. The molecule has 2 aliphatic rings. The largest absolute Gasteiger partial charge is 0.454 e. The second kappa shape index (κ2) is 4.73. The van der Waals surface area contributed by atoms with Gasteiger partial charge in [-0.3, -0.25) is 4.79 Å². The highest BCUT2D eigenvalue weighted by molar-refractivity contribution is 6.01. The zero-order valence-electron chi connectivity index (χ0n) is 12.3. The predicted molar refractivity (Wildman–Crippen MR) is 81.1 cm³/mol. The lowest BCUT2D eigenvalue weighted by Crippen LogP contribution is -2.28. The van der Waals surface area contributed by atoms with Crippen molar-refractivity contribution < 1.29 is 14.3 Å². The van der Waals surface area contributed by atoms with Gasteiger partial charge in [-0.15, -0.1) is 0 Å². The van der Waals surface area contributed by atoms with Gasteiger partial charge in [0.05, 0.1) is 5.41 Å². The maximum Gasteiger partial charge on any atom is 0.236 e. The lowest BCUT2D eigenvalue weighted by atomic mass is 9.94. The number of nitrogens with zero attached hydrogens (tertiary/aromatic N) is 1. The first-order valence-electron chi connectivity index (χ1n) is 7.32. The molecule has 1 aromatic heterocycles. The van der Waals surface area contributed by atoms with Gasteiger partial charge >= 0.3 is 0 Å². The Morgan fingerprint density at radius 3 is 2.77 bits per heavy atom. The van der Waals surface area contributed by atoms with E-state index >= 15 is 0 Å². The monoisotopic (exact) mass is 296 g/mol. The van der Waals surface area contributed by atoms with E-state index in [0.717, 1.165) is 29.7 Å². The van der Waals surface area contributed by atoms with E-state index in [9.17, 15) is 4.79 Å². The predicted octanol–water partition coefficient (Wildman–Crippen LogP) is 2.79. The van der Waals surface area contributed by atoms with Crippen LogP contribution in [0.25, 0.3) is 0 Å². The number of pyridine rings is 1. The van der Waals surface area contributed by atoms with Crippen LogP contribution in [0.5, 0.6) is 11.5 Å². The highest BCUT2D eigenvalue weighted by Crippen LogP contribution is 2.51. The van der Waals surface area contributed by atoms with Crippen LogP contribution < -0.4 is 14.8 Å². The molecule has 0 saturated heterocycles. The van der Waals surface area contributed by atoms with Gasteiger partial charge in [-0.05, 0) is 55.2 Å². The number of carbonyl (C=O) groups excluding carboxylic acids is 1. The third-order valence-corrected chi connectivity index (χ3v) is 4.27. The SMILES string of the molecule is Cc1ccnc(NC(=O)C2(c3ccc4c(c3)OCO4)CC2)c1. The Morgan fingerprint density at radius 2 is 2.00 bits per heavy atom. The number of anilines is 1. The molecule has 1 aromatic carbocycles. The molecule has 1 aliphatic heterocycles. The van der Waals surface area contributed by atoms with Gasteiger partial charge in [0.25, 0.3) is 0 Å². The molecule has 2 aromatic rings. The van der Waals surface area contributed by atoms with Crippen LogP contribution in [0.2, 0.25) is 0 Å². The van der Waals surface area contributed by atoms with Crippen molar-refractivity contribution in [1.29, 1.82) is 0 Å². The van der Waals surface area contributed by atoms with Crippen molar-refractivity contribution in [3.05, 3.63) is 47.7 Å². The highest BCUT2D eigenvalue weighted by atomic mass is 16.7. The zero-order chi connectivity index (χ0) is 15.2. The number of rotatable bonds is 3. The summed E-state index contributed by atoms with van der Waals surface area (Å²) in [4.78, 5) is 16.9. The molecule has 1 N–H and O–H groups in total. The van der Waals surface area contributed by atoms with E-state index in [2.05, 4.69) is 10.3 Å². The van der Waals surface area contributed by atoms with Gasteiger partial charge in [0.1, 0.15) is 5.82 Å². The van der Waals surface area contributed by atoms with Crippen LogP contribution in [0.3, 0.4) is 0 Å². The van der Waals surface area contributed by atoms with E-state index in [-0.39, 0.29) is 12.7 Å². The van der Waals surface area contributed by atoms with E-state index in [0.29, 0.717) is 11.6 Å². The maximum atomic E-state index is 12.7. The van der Waals surface area contributed by atoms with Crippen molar-refractivity contribution >= 4 is 11.7 Å². The van der Waals surface area contributed by atoms with Crippen molar-refractivity contribution in [2.45, 2.75) is 25.2 Å². The van der Waals surface area contributed by atoms with Gasteiger partial charge in [0.15, 0.2) is 11.5 Å². The number of amides is 1. The summed E-state index contributed by atoms with van der Waals surface area (Å²) in [5.74, 6) is 2.03. The fraction of sp³-hybridized carbons (Fsp3) is 0.294. The van der Waals surface area contributed by atoms with Gasteiger partial charge in [0.2, 0.25) is 12.7 Å². The van der Waals surface area contributed by atoms with Crippen molar-refractivity contribution in [3.63, 3.8) is 0 Å². The van der Waals surface area contributed by atoms with E-state index in [1.807, 2.05) is 37.3 Å². The topological polar surface area (TPSA) is 60.5 Å². The molecule has 112 valence electrons. The van der Waals surface area contributed by atoms with Crippen molar-refractivity contribution in [1.82, 2.24) is 4.98 Å². The Morgan fingerprint density at radius 1 is 1.18 bits per heavy atom. The van der Waals surface area contributed by atoms with E-state index in [1.165, 1.54) is 0 Å². The van der Waals surface area contributed by atoms with E-state index in [4.69, 9.17) is 9.47 Å². The molecule has 0 bridgehead atoms. The van der Waals surface area contributed by atoms with Crippen LogP contribution in [-0.2, 0) is 10.2 Å². The number of nitrogens with one attached hydrogen (secondary N) is 1. The lowest BCUT2D eigenvalue weighted by Gasteiger charge is -2.16. The fourth-order valence-corrected chi connectivity index (χ4v) is 2.81. The van der Waals surface area contributed by atoms with Crippen LogP contribution in [0, 0.1) is 6.92 Å². The average molecular weight is 296 g/mol. The van der Waals surface area contributed by atoms with Gasteiger partial charge < -0.3 is 14.8 Å². The van der Waals surface area contributed by atoms with Crippen LogP contribution in [-0.4, -0.2) is 17.7 Å². The summed E-state index contributed by atoms with van der Waals surface area (Å²) in [5.41, 5.74) is 1.58. The molecule has 5 heteroatoms. The summed E-state index contributed by atoms with van der Waals surface area (Å²) in [6, 6.07) is 9.51. The number of hydrogen-bond donors (Lipinski definition) is 1. The number of fused-ring (bicyclic) bond motifs is 1. The second-order valence-corrected chi connectivity index (χ2v) is 5.82. The first-order chi connectivity index (χ1) is 10.7. The summed E-state index contributed by atoms with van der Waals surface area (Å²) < 4.78 is 10.7. The Hall–Kier alpha value is -2.56. The lowest BCUT2D eigenvalue weighted by molar-refractivity contribution is -0.118. The first-order valence-corrected chi connectivity index (χ1v) is 7.32. The van der Waals surface area contributed by atoms with Crippen LogP contribution in [0.15, 0.2) is 36.5 Å². The van der Waals surface area contributed by atoms with Crippen LogP contribution >= 0.6 is 0 Å². The van der Waals surface area contributed by atoms with Crippen molar-refractivity contribution in [2.75, 3.05) is 12.1 Å². The van der Waals surface area contributed by atoms with Crippen LogP contribution in [0.1, 0.15) is 24.0 Å². The smallest absolute Gasteiger partial charge is 0.236 e. The molecule has 0 spiro atoms. The number of aryl methyl sites for hydroxylation is 1. The van der Waals surface area contributed by atoms with Gasteiger partial charge in [-0.2, -0.15) is 0 Å². The zero-order valence-corrected chi connectivity index (χ0v) is 12.3. The molecular weight excluding hydrogens is 280 g/mol. The molecule has 1 aliphatic carbocycles.